The summed E-state index contributed by atoms with van der Waals surface area (Å²) >= 11 is 1.50. The summed E-state index contributed by atoms with van der Waals surface area (Å²) in [4.78, 5) is 13.4. The molecule has 2 N–H and O–H groups in total. The minimum Gasteiger partial charge on any atom is -0.392 e. The van der Waals surface area contributed by atoms with Gasteiger partial charge in [-0.3, -0.25) is 4.79 Å². The predicted molar refractivity (Wildman–Crippen MR) is 57.7 cm³/mol. The maximum absolute atomic E-state index is 11.5. The van der Waals surface area contributed by atoms with Crippen LogP contribution in [-0.2, 0) is 6.42 Å². The molecule has 0 unspecified atom stereocenters. The van der Waals surface area contributed by atoms with Gasteiger partial charge in [-0.2, -0.15) is 0 Å². The zero-order valence-electron chi connectivity index (χ0n) is 8.41. The van der Waals surface area contributed by atoms with Crippen molar-refractivity contribution in [1.29, 1.82) is 0 Å². The van der Waals surface area contributed by atoms with Crippen molar-refractivity contribution < 1.29 is 9.90 Å². The molecule has 1 heterocycles. The van der Waals surface area contributed by atoms with Crippen molar-refractivity contribution >= 4 is 17.2 Å². The van der Waals surface area contributed by atoms with E-state index in [2.05, 4.69) is 12.2 Å². The van der Waals surface area contributed by atoms with Crippen LogP contribution in [0.25, 0.3) is 0 Å². The Balaban J connectivity index is 2.52. The maximum atomic E-state index is 11.5. The van der Waals surface area contributed by atoms with Crippen LogP contribution in [0.5, 0.6) is 0 Å². The van der Waals surface area contributed by atoms with E-state index in [1.165, 1.54) is 16.2 Å². The first-order valence-electron chi connectivity index (χ1n) is 4.68. The van der Waals surface area contributed by atoms with Crippen LogP contribution >= 0.6 is 11.3 Å². The van der Waals surface area contributed by atoms with E-state index in [4.69, 9.17) is 5.11 Å². The van der Waals surface area contributed by atoms with Gasteiger partial charge < -0.3 is 10.4 Å². The molecule has 0 bridgehead atoms. The van der Waals surface area contributed by atoms with Crippen molar-refractivity contribution in [3.05, 3.63) is 21.9 Å². The first kappa shape index (κ1) is 11.2. The topological polar surface area (TPSA) is 49.3 Å². The Morgan fingerprint density at radius 3 is 2.86 bits per heavy atom. The molecule has 1 rings (SSSR count). The number of aliphatic hydroxyl groups is 1. The van der Waals surface area contributed by atoms with Gasteiger partial charge in [-0.1, -0.05) is 6.92 Å². The molecule has 78 valence electrons. The average Bonchev–Trinajstić information content (AvgIpc) is 2.62. The van der Waals surface area contributed by atoms with Gasteiger partial charge >= 0.3 is 0 Å². The molecule has 3 nitrogen and oxygen atoms in total. The lowest BCUT2D eigenvalue weighted by Gasteiger charge is -2.04. The molecule has 1 aromatic rings. The number of aliphatic hydroxyl groups excluding tert-OH is 1. The Hall–Kier alpha value is -0.870. The molecular weight excluding hydrogens is 198 g/mol. The predicted octanol–water partition coefficient (Wildman–Crippen LogP) is 1.42. The SMILES string of the molecule is CCc1ccc(C(=O)NC[C@@H](C)O)s1. The number of rotatable bonds is 4. The normalized spacial score (nSPS) is 12.5. The van der Waals surface area contributed by atoms with Gasteiger partial charge in [0.1, 0.15) is 0 Å². The Morgan fingerprint density at radius 1 is 1.64 bits per heavy atom. The fraction of sp³-hybridized carbons (Fsp3) is 0.500. The highest BCUT2D eigenvalue weighted by atomic mass is 32.1. The summed E-state index contributed by atoms with van der Waals surface area (Å²) in [5.74, 6) is -0.101. The third-order valence-electron chi connectivity index (χ3n) is 1.79. The number of hydrogen-bond acceptors (Lipinski definition) is 3. The van der Waals surface area contributed by atoms with Crippen LogP contribution in [-0.4, -0.2) is 23.7 Å². The van der Waals surface area contributed by atoms with Gasteiger partial charge in [0.25, 0.3) is 5.91 Å². The molecule has 0 aliphatic carbocycles. The molecule has 0 aliphatic rings. The second-order valence-electron chi connectivity index (χ2n) is 3.18. The van der Waals surface area contributed by atoms with E-state index in [0.717, 1.165) is 6.42 Å². The minimum absolute atomic E-state index is 0.101. The van der Waals surface area contributed by atoms with Crippen molar-refractivity contribution in [2.75, 3.05) is 6.54 Å². The zero-order valence-corrected chi connectivity index (χ0v) is 9.23. The minimum atomic E-state index is -0.496. The summed E-state index contributed by atoms with van der Waals surface area (Å²) in [6.07, 6.45) is 0.457. The van der Waals surface area contributed by atoms with Crippen LogP contribution in [0.1, 0.15) is 28.4 Å². The van der Waals surface area contributed by atoms with E-state index >= 15 is 0 Å². The third kappa shape index (κ3) is 3.12. The van der Waals surface area contributed by atoms with Crippen LogP contribution < -0.4 is 5.32 Å². The first-order chi connectivity index (χ1) is 6.63. The fourth-order valence-electron chi connectivity index (χ4n) is 1.02. The number of carbonyl (C=O) groups excluding carboxylic acids is 1. The molecule has 1 amide bonds. The lowest BCUT2D eigenvalue weighted by Crippen LogP contribution is -2.29. The number of nitrogens with one attached hydrogen (secondary N) is 1. The summed E-state index contributed by atoms with van der Waals surface area (Å²) in [6, 6.07) is 3.78. The molecule has 0 saturated carbocycles. The Kier molecular flexibility index (Phi) is 4.10. The van der Waals surface area contributed by atoms with Crippen molar-refractivity contribution in [2.45, 2.75) is 26.4 Å². The molecular formula is C10H15NO2S. The van der Waals surface area contributed by atoms with E-state index in [0.29, 0.717) is 11.4 Å². The fourth-order valence-corrected chi connectivity index (χ4v) is 1.88. The van der Waals surface area contributed by atoms with Crippen LogP contribution in [0, 0.1) is 0 Å². The van der Waals surface area contributed by atoms with E-state index in [-0.39, 0.29) is 5.91 Å². The van der Waals surface area contributed by atoms with Crippen molar-refractivity contribution in [2.24, 2.45) is 0 Å². The van der Waals surface area contributed by atoms with E-state index in [9.17, 15) is 4.79 Å². The average molecular weight is 213 g/mol. The molecule has 1 aromatic heterocycles. The van der Waals surface area contributed by atoms with E-state index < -0.39 is 6.10 Å². The highest BCUT2D eigenvalue weighted by Crippen LogP contribution is 2.16. The van der Waals surface area contributed by atoms with Gasteiger partial charge in [0, 0.05) is 11.4 Å². The molecule has 0 aromatic carbocycles. The van der Waals surface area contributed by atoms with Crippen molar-refractivity contribution in [3.8, 4) is 0 Å². The number of thiophene rings is 1. The third-order valence-corrected chi connectivity index (χ3v) is 3.02. The highest BCUT2D eigenvalue weighted by molar-refractivity contribution is 7.14. The van der Waals surface area contributed by atoms with Gasteiger partial charge in [-0.05, 0) is 25.5 Å². The molecule has 0 radical (unpaired) electrons. The van der Waals surface area contributed by atoms with Crippen LogP contribution in [0.3, 0.4) is 0 Å². The molecule has 14 heavy (non-hydrogen) atoms. The van der Waals surface area contributed by atoms with E-state index in [1.54, 1.807) is 6.92 Å². The van der Waals surface area contributed by atoms with Gasteiger partial charge in [-0.15, -0.1) is 11.3 Å². The summed E-state index contributed by atoms with van der Waals surface area (Å²) in [5.41, 5.74) is 0. The Bertz CT molecular complexity index is 307. The van der Waals surface area contributed by atoms with Gasteiger partial charge in [0.15, 0.2) is 0 Å². The smallest absolute Gasteiger partial charge is 0.261 e. The van der Waals surface area contributed by atoms with Gasteiger partial charge in [0.05, 0.1) is 11.0 Å². The van der Waals surface area contributed by atoms with Crippen LogP contribution in [0.4, 0.5) is 0 Å². The van der Waals surface area contributed by atoms with Crippen LogP contribution in [0.15, 0.2) is 12.1 Å². The standard InChI is InChI=1S/C10H15NO2S/c1-3-8-4-5-9(14-8)10(13)11-6-7(2)12/h4-5,7,12H,3,6H2,1-2H3,(H,11,13)/t7-/m1/s1. The molecule has 1 atom stereocenters. The molecule has 4 heteroatoms. The van der Waals surface area contributed by atoms with Crippen LogP contribution in [0.2, 0.25) is 0 Å². The Labute approximate surface area is 87.8 Å². The number of amides is 1. The molecule has 0 saturated heterocycles. The zero-order chi connectivity index (χ0) is 10.6. The molecule has 0 aliphatic heterocycles. The number of hydrogen-bond donors (Lipinski definition) is 2. The van der Waals surface area contributed by atoms with Gasteiger partial charge in [0.2, 0.25) is 0 Å². The lowest BCUT2D eigenvalue weighted by atomic mass is 10.3. The lowest BCUT2D eigenvalue weighted by molar-refractivity contribution is 0.0928. The highest BCUT2D eigenvalue weighted by Gasteiger charge is 2.08. The monoisotopic (exact) mass is 213 g/mol. The maximum Gasteiger partial charge on any atom is 0.261 e. The first-order valence-corrected chi connectivity index (χ1v) is 5.50. The second-order valence-corrected chi connectivity index (χ2v) is 4.35. The summed E-state index contributed by atoms with van der Waals surface area (Å²) in [7, 11) is 0. The summed E-state index contributed by atoms with van der Waals surface area (Å²) < 4.78 is 0. The molecule has 0 spiro atoms. The van der Waals surface area contributed by atoms with Crippen molar-refractivity contribution in [3.63, 3.8) is 0 Å². The largest absolute Gasteiger partial charge is 0.392 e. The van der Waals surface area contributed by atoms with Gasteiger partial charge in [-0.25, -0.2) is 0 Å². The quantitative estimate of drug-likeness (QED) is 0.794. The summed E-state index contributed by atoms with van der Waals surface area (Å²) in [6.45, 7) is 4.01. The second kappa shape index (κ2) is 5.12. The number of aryl methyl sites for hydroxylation is 1. The summed E-state index contributed by atoms with van der Waals surface area (Å²) in [5, 5.41) is 11.6. The van der Waals surface area contributed by atoms with E-state index in [1.807, 2.05) is 12.1 Å². The number of carbonyl (C=O) groups is 1. The Morgan fingerprint density at radius 2 is 2.36 bits per heavy atom. The molecule has 0 fully saturated rings. The van der Waals surface area contributed by atoms with Crippen molar-refractivity contribution in [1.82, 2.24) is 5.32 Å².